The zero-order chi connectivity index (χ0) is 13.0. The molecule has 0 unspecified atom stereocenters. The number of H-pyrrole nitrogens is 1. The molecule has 3 N–H and O–H groups in total. The number of rotatable bonds is 0. The molecule has 0 aliphatic carbocycles. The molecule has 1 aromatic heterocycles. The summed E-state index contributed by atoms with van der Waals surface area (Å²) in [6.45, 7) is 0.289. The second-order valence-corrected chi connectivity index (χ2v) is 4.59. The van der Waals surface area contributed by atoms with Gasteiger partial charge in [-0.2, -0.15) is 0 Å². The summed E-state index contributed by atoms with van der Waals surface area (Å²) in [5.41, 5.74) is -1.17. The number of hydrogen-bond acceptors (Lipinski definition) is 6. The Bertz CT molecular complexity index is 594. The fourth-order valence-electron chi connectivity index (χ4n) is 2.49. The maximum absolute atomic E-state index is 11.8. The summed E-state index contributed by atoms with van der Waals surface area (Å²) in [6.07, 6.45) is -3.81. The van der Waals surface area contributed by atoms with Gasteiger partial charge in [0.25, 0.3) is 5.56 Å². The van der Waals surface area contributed by atoms with Gasteiger partial charge in [-0.15, -0.1) is 0 Å². The van der Waals surface area contributed by atoms with Gasteiger partial charge in [0.15, 0.2) is 6.23 Å². The van der Waals surface area contributed by atoms with Crippen molar-refractivity contribution in [1.29, 1.82) is 0 Å². The number of aliphatic hydroxyl groups is 2. The second-order valence-electron chi connectivity index (χ2n) is 4.59. The number of hydrogen-bond donors (Lipinski definition) is 3. The zero-order valence-corrected chi connectivity index (χ0v) is 9.61. The Morgan fingerprint density at radius 2 is 2.11 bits per heavy atom. The molecule has 18 heavy (non-hydrogen) atoms. The molecule has 3 rings (SSSR count). The second kappa shape index (κ2) is 3.67. The molecule has 8 heteroatoms. The molecule has 2 bridgehead atoms. The molecule has 2 aliphatic heterocycles. The summed E-state index contributed by atoms with van der Waals surface area (Å²) in [5, 5.41) is 19.7. The predicted molar refractivity (Wildman–Crippen MR) is 60.5 cm³/mol. The Labute approximate surface area is 101 Å². The molecule has 0 saturated carbocycles. The van der Waals surface area contributed by atoms with Crippen LogP contribution in [0.4, 0.5) is 5.82 Å². The summed E-state index contributed by atoms with van der Waals surface area (Å²) < 4.78 is 6.62. The molecule has 0 radical (unpaired) electrons. The van der Waals surface area contributed by atoms with Crippen LogP contribution in [0.1, 0.15) is 6.23 Å². The Kier molecular flexibility index (Phi) is 2.34. The van der Waals surface area contributed by atoms with E-state index in [1.165, 1.54) is 6.07 Å². The average molecular weight is 255 g/mol. The highest BCUT2D eigenvalue weighted by Crippen LogP contribution is 2.34. The lowest BCUT2D eigenvalue weighted by Crippen LogP contribution is -2.44. The minimum absolute atomic E-state index is 0.289. The van der Waals surface area contributed by atoms with E-state index >= 15 is 0 Å². The number of nitrogens with zero attached hydrogens (tertiary/aromatic N) is 2. The standard InChI is InChI=1S/C10H13N3O5/c1-12-3-4-7(15)8(16)9(18-4)13-6(12)2-5(14)11-10(13)17/h2,4,7-9,15-16H,3H2,1H3,(H,11,14,17)/t4-,7-,8-,9-/m1/s1. The van der Waals surface area contributed by atoms with Crippen molar-refractivity contribution in [2.45, 2.75) is 24.5 Å². The molecule has 2 aliphatic rings. The monoisotopic (exact) mass is 255 g/mol. The minimum Gasteiger partial charge on any atom is -0.387 e. The Morgan fingerprint density at radius 1 is 1.39 bits per heavy atom. The van der Waals surface area contributed by atoms with E-state index < -0.39 is 35.8 Å². The van der Waals surface area contributed by atoms with Gasteiger partial charge in [0, 0.05) is 19.7 Å². The van der Waals surface area contributed by atoms with Crippen molar-refractivity contribution in [3.05, 3.63) is 26.9 Å². The minimum atomic E-state index is -1.19. The van der Waals surface area contributed by atoms with Gasteiger partial charge in [0.2, 0.25) is 0 Å². The van der Waals surface area contributed by atoms with E-state index in [0.717, 1.165) is 4.57 Å². The van der Waals surface area contributed by atoms with E-state index in [9.17, 15) is 19.8 Å². The van der Waals surface area contributed by atoms with Crippen LogP contribution < -0.4 is 16.1 Å². The molecule has 1 fully saturated rings. The molecule has 1 saturated heterocycles. The van der Waals surface area contributed by atoms with Crippen LogP contribution in [0.2, 0.25) is 0 Å². The number of aromatic amines is 1. The van der Waals surface area contributed by atoms with Gasteiger partial charge < -0.3 is 19.8 Å². The third kappa shape index (κ3) is 1.43. The number of aromatic nitrogens is 2. The molecular weight excluding hydrogens is 242 g/mol. The lowest BCUT2D eigenvalue weighted by molar-refractivity contribution is -0.0310. The normalized spacial score (nSPS) is 34.3. The van der Waals surface area contributed by atoms with Gasteiger partial charge in [-0.1, -0.05) is 0 Å². The molecule has 8 nitrogen and oxygen atoms in total. The van der Waals surface area contributed by atoms with Gasteiger partial charge in [-0.3, -0.25) is 9.78 Å². The molecule has 3 heterocycles. The van der Waals surface area contributed by atoms with Crippen molar-refractivity contribution >= 4 is 5.82 Å². The van der Waals surface area contributed by atoms with Crippen molar-refractivity contribution in [2.75, 3.05) is 18.5 Å². The van der Waals surface area contributed by atoms with E-state index in [1.54, 1.807) is 11.9 Å². The van der Waals surface area contributed by atoms with Crippen LogP contribution in [-0.2, 0) is 4.74 Å². The first-order chi connectivity index (χ1) is 8.49. The molecule has 1 aromatic rings. The van der Waals surface area contributed by atoms with Crippen LogP contribution in [0, 0.1) is 0 Å². The third-order valence-corrected chi connectivity index (χ3v) is 3.39. The van der Waals surface area contributed by atoms with Gasteiger partial charge in [0.1, 0.15) is 24.1 Å². The lowest BCUT2D eigenvalue weighted by atomic mass is 10.1. The molecule has 0 aromatic carbocycles. The number of fused-ring (bicyclic) bond motifs is 4. The predicted octanol–water partition coefficient (Wildman–Crippen LogP) is -2.39. The molecule has 98 valence electrons. The van der Waals surface area contributed by atoms with Gasteiger partial charge in [0.05, 0.1) is 0 Å². The van der Waals surface area contributed by atoms with E-state index in [-0.39, 0.29) is 6.54 Å². The number of ether oxygens (including phenoxy) is 1. The van der Waals surface area contributed by atoms with E-state index in [4.69, 9.17) is 4.74 Å². The fourth-order valence-corrected chi connectivity index (χ4v) is 2.49. The first-order valence-electron chi connectivity index (χ1n) is 5.57. The maximum atomic E-state index is 11.8. The Balaban J connectivity index is 2.25. The largest absolute Gasteiger partial charge is 0.387 e. The first kappa shape index (κ1) is 11.5. The highest BCUT2D eigenvalue weighted by atomic mass is 16.6. The maximum Gasteiger partial charge on any atom is 0.332 e. The molecule has 0 amide bonds. The molecule has 4 atom stereocenters. The summed E-state index contributed by atoms with van der Waals surface area (Å²) in [6, 6.07) is 1.27. The first-order valence-corrected chi connectivity index (χ1v) is 5.57. The summed E-state index contributed by atoms with van der Waals surface area (Å²) in [4.78, 5) is 26.9. The fraction of sp³-hybridized carbons (Fsp3) is 0.600. The average Bonchev–Trinajstić information content (AvgIpc) is 2.49. The number of likely N-dealkylation sites (N-methyl/N-ethyl adjacent to an activating group) is 1. The Morgan fingerprint density at radius 3 is 2.83 bits per heavy atom. The van der Waals surface area contributed by atoms with Crippen molar-refractivity contribution in [2.24, 2.45) is 0 Å². The smallest absolute Gasteiger partial charge is 0.332 e. The van der Waals surface area contributed by atoms with Gasteiger partial charge >= 0.3 is 5.69 Å². The highest BCUT2D eigenvalue weighted by Gasteiger charge is 2.47. The van der Waals surface area contributed by atoms with Crippen molar-refractivity contribution < 1.29 is 14.9 Å². The van der Waals surface area contributed by atoms with Crippen molar-refractivity contribution in [1.82, 2.24) is 9.55 Å². The van der Waals surface area contributed by atoms with Crippen molar-refractivity contribution in [3.63, 3.8) is 0 Å². The van der Waals surface area contributed by atoms with Gasteiger partial charge in [-0.05, 0) is 0 Å². The summed E-state index contributed by atoms with van der Waals surface area (Å²) in [5.74, 6) is 0.363. The van der Waals surface area contributed by atoms with Gasteiger partial charge in [-0.25, -0.2) is 9.36 Å². The van der Waals surface area contributed by atoms with Crippen molar-refractivity contribution in [3.8, 4) is 0 Å². The van der Waals surface area contributed by atoms with Crippen LogP contribution in [0.3, 0.4) is 0 Å². The lowest BCUT2D eigenvalue weighted by Gasteiger charge is -2.27. The Hall–Kier alpha value is -1.64. The van der Waals surface area contributed by atoms with E-state index in [0.29, 0.717) is 5.82 Å². The quantitative estimate of drug-likeness (QED) is 0.477. The van der Waals surface area contributed by atoms with Crippen LogP contribution in [-0.4, -0.2) is 51.7 Å². The molecule has 0 spiro atoms. The van der Waals surface area contributed by atoms with Crippen LogP contribution >= 0.6 is 0 Å². The topological polar surface area (TPSA) is 108 Å². The van der Waals surface area contributed by atoms with Crippen LogP contribution in [0.15, 0.2) is 15.7 Å². The third-order valence-electron chi connectivity index (χ3n) is 3.39. The number of aliphatic hydroxyl groups excluding tert-OH is 2. The highest BCUT2D eigenvalue weighted by molar-refractivity contribution is 5.39. The summed E-state index contributed by atoms with van der Waals surface area (Å²) in [7, 11) is 1.69. The van der Waals surface area contributed by atoms with E-state index in [1.807, 2.05) is 0 Å². The number of anilines is 1. The summed E-state index contributed by atoms with van der Waals surface area (Å²) >= 11 is 0. The van der Waals surface area contributed by atoms with Crippen LogP contribution in [0.25, 0.3) is 0 Å². The molecular formula is C10H13N3O5. The van der Waals surface area contributed by atoms with E-state index in [2.05, 4.69) is 4.98 Å². The van der Waals surface area contributed by atoms with Crippen LogP contribution in [0.5, 0.6) is 0 Å². The number of nitrogens with one attached hydrogen (secondary N) is 1. The SMILES string of the molecule is CN1C[C@H]2O[C@H]([C@H](O)[C@@H]2O)n2c1cc(=O)[nH]c2=O. The zero-order valence-electron chi connectivity index (χ0n) is 9.61.